The standard InChI is InChI=1S/C19H21NO5S/c1-23-17-11-13(18-20-15(12-26-18)19(21)22)7-8-16(17)25-10-9-24-14-5-3-2-4-6-14/h2-8,11,15,18,20H,9-10,12H2,1H3,(H,21,22). The highest BCUT2D eigenvalue weighted by atomic mass is 32.2. The van der Waals surface area contributed by atoms with E-state index in [0.717, 1.165) is 11.3 Å². The van der Waals surface area contributed by atoms with Gasteiger partial charge in [0.1, 0.15) is 25.0 Å². The van der Waals surface area contributed by atoms with Crippen molar-refractivity contribution in [2.75, 3.05) is 26.1 Å². The zero-order chi connectivity index (χ0) is 18.4. The second-order valence-corrected chi connectivity index (χ2v) is 6.83. The molecule has 1 aliphatic heterocycles. The first-order valence-corrected chi connectivity index (χ1v) is 9.31. The van der Waals surface area contributed by atoms with Crippen molar-refractivity contribution < 1.29 is 24.1 Å². The summed E-state index contributed by atoms with van der Waals surface area (Å²) in [4.78, 5) is 11.1. The van der Waals surface area contributed by atoms with E-state index in [-0.39, 0.29) is 5.37 Å². The summed E-state index contributed by atoms with van der Waals surface area (Å²) in [7, 11) is 1.59. The van der Waals surface area contributed by atoms with Crippen LogP contribution in [0.4, 0.5) is 0 Å². The van der Waals surface area contributed by atoms with Gasteiger partial charge >= 0.3 is 5.97 Å². The Kier molecular flexibility index (Phi) is 6.25. The van der Waals surface area contributed by atoms with Gasteiger partial charge in [-0.15, -0.1) is 11.8 Å². The van der Waals surface area contributed by atoms with Crippen LogP contribution in [-0.2, 0) is 4.79 Å². The van der Waals surface area contributed by atoms with Crippen LogP contribution in [0.3, 0.4) is 0 Å². The molecule has 0 aromatic heterocycles. The van der Waals surface area contributed by atoms with Gasteiger partial charge in [0.05, 0.1) is 12.5 Å². The van der Waals surface area contributed by atoms with E-state index in [2.05, 4.69) is 5.32 Å². The summed E-state index contributed by atoms with van der Waals surface area (Å²) >= 11 is 1.57. The Hall–Kier alpha value is -2.38. The predicted molar refractivity (Wildman–Crippen MR) is 100 cm³/mol. The van der Waals surface area contributed by atoms with Crippen LogP contribution < -0.4 is 19.5 Å². The number of thioether (sulfide) groups is 1. The molecule has 0 saturated carbocycles. The van der Waals surface area contributed by atoms with Crippen LogP contribution in [-0.4, -0.2) is 43.2 Å². The summed E-state index contributed by atoms with van der Waals surface area (Å²) in [6.45, 7) is 0.817. The maximum Gasteiger partial charge on any atom is 0.321 e. The highest BCUT2D eigenvalue weighted by Crippen LogP contribution is 2.37. The van der Waals surface area contributed by atoms with Crippen LogP contribution in [0.1, 0.15) is 10.9 Å². The van der Waals surface area contributed by atoms with Crippen molar-refractivity contribution in [1.82, 2.24) is 5.32 Å². The number of hydrogen-bond acceptors (Lipinski definition) is 6. The number of rotatable bonds is 8. The van der Waals surface area contributed by atoms with Gasteiger partial charge in [0, 0.05) is 5.75 Å². The Morgan fingerprint density at radius 1 is 1.15 bits per heavy atom. The smallest absolute Gasteiger partial charge is 0.321 e. The molecule has 1 fully saturated rings. The van der Waals surface area contributed by atoms with E-state index >= 15 is 0 Å². The van der Waals surface area contributed by atoms with Crippen LogP contribution in [0, 0.1) is 0 Å². The third kappa shape index (κ3) is 4.62. The minimum Gasteiger partial charge on any atom is -0.493 e. The lowest BCUT2D eigenvalue weighted by Gasteiger charge is -2.16. The Morgan fingerprint density at radius 2 is 1.92 bits per heavy atom. The number of benzene rings is 2. The van der Waals surface area contributed by atoms with E-state index in [0.29, 0.717) is 30.5 Å². The van der Waals surface area contributed by atoms with Gasteiger partial charge in [0.15, 0.2) is 11.5 Å². The summed E-state index contributed by atoms with van der Waals surface area (Å²) in [6, 6.07) is 14.7. The fourth-order valence-corrected chi connectivity index (χ4v) is 3.82. The molecule has 1 aliphatic rings. The number of ether oxygens (including phenoxy) is 3. The fourth-order valence-electron chi connectivity index (χ4n) is 2.60. The molecular weight excluding hydrogens is 354 g/mol. The lowest BCUT2D eigenvalue weighted by molar-refractivity contribution is -0.138. The molecule has 2 N–H and O–H groups in total. The normalized spacial score (nSPS) is 19.1. The van der Waals surface area contributed by atoms with E-state index in [1.807, 2.05) is 48.5 Å². The monoisotopic (exact) mass is 375 g/mol. The lowest BCUT2D eigenvalue weighted by atomic mass is 10.2. The van der Waals surface area contributed by atoms with Crippen LogP contribution in [0.25, 0.3) is 0 Å². The summed E-state index contributed by atoms with van der Waals surface area (Å²) in [5.74, 6) is 1.76. The Balaban J connectivity index is 1.56. The molecule has 26 heavy (non-hydrogen) atoms. The molecule has 1 saturated heterocycles. The number of hydrogen-bond donors (Lipinski definition) is 2. The summed E-state index contributed by atoms with van der Waals surface area (Å²) in [6.07, 6.45) is 0. The van der Waals surface area contributed by atoms with Crippen molar-refractivity contribution in [3.8, 4) is 17.2 Å². The molecule has 3 rings (SSSR count). The number of carboxylic acid groups (broad SMARTS) is 1. The van der Waals surface area contributed by atoms with Crippen molar-refractivity contribution in [3.63, 3.8) is 0 Å². The molecule has 2 aromatic carbocycles. The molecule has 0 aliphatic carbocycles. The van der Waals surface area contributed by atoms with E-state index in [4.69, 9.17) is 19.3 Å². The third-order valence-corrected chi connectivity index (χ3v) is 5.19. The number of carboxylic acids is 1. The minimum atomic E-state index is -0.828. The predicted octanol–water partition coefficient (Wildman–Crippen LogP) is 2.94. The second-order valence-electron chi connectivity index (χ2n) is 5.69. The lowest BCUT2D eigenvalue weighted by Crippen LogP contribution is -2.33. The van der Waals surface area contributed by atoms with Crippen molar-refractivity contribution in [2.45, 2.75) is 11.4 Å². The zero-order valence-electron chi connectivity index (χ0n) is 14.4. The molecule has 2 aromatic rings. The Morgan fingerprint density at radius 3 is 2.62 bits per heavy atom. The number of carbonyl (C=O) groups is 1. The number of methoxy groups -OCH3 is 1. The van der Waals surface area contributed by atoms with Gasteiger partial charge in [0.25, 0.3) is 0 Å². The van der Waals surface area contributed by atoms with E-state index in [9.17, 15) is 4.79 Å². The van der Waals surface area contributed by atoms with Crippen LogP contribution in [0.5, 0.6) is 17.2 Å². The van der Waals surface area contributed by atoms with Crippen molar-refractivity contribution in [1.29, 1.82) is 0 Å². The molecule has 2 atom stereocenters. The molecule has 1 heterocycles. The Labute approximate surface area is 156 Å². The van der Waals surface area contributed by atoms with Crippen LogP contribution >= 0.6 is 11.8 Å². The topological polar surface area (TPSA) is 77.0 Å². The fraction of sp³-hybridized carbons (Fsp3) is 0.316. The highest BCUT2D eigenvalue weighted by Gasteiger charge is 2.30. The van der Waals surface area contributed by atoms with E-state index < -0.39 is 12.0 Å². The van der Waals surface area contributed by atoms with Gasteiger partial charge in [-0.1, -0.05) is 24.3 Å². The number of nitrogens with one attached hydrogen (secondary N) is 1. The average Bonchev–Trinajstić information content (AvgIpc) is 3.16. The van der Waals surface area contributed by atoms with Gasteiger partial charge in [0.2, 0.25) is 0 Å². The summed E-state index contributed by atoms with van der Waals surface area (Å²) in [5, 5.41) is 12.1. The zero-order valence-corrected chi connectivity index (χ0v) is 15.2. The molecule has 0 bridgehead atoms. The first kappa shape index (κ1) is 18.4. The molecule has 2 unspecified atom stereocenters. The quantitative estimate of drug-likeness (QED) is 0.687. The second kappa shape index (κ2) is 8.82. The van der Waals surface area contributed by atoms with E-state index in [1.165, 1.54) is 0 Å². The molecule has 0 amide bonds. The molecule has 138 valence electrons. The molecule has 7 heteroatoms. The van der Waals surface area contributed by atoms with Crippen molar-refractivity contribution in [2.24, 2.45) is 0 Å². The van der Waals surface area contributed by atoms with Gasteiger partial charge in [-0.05, 0) is 29.8 Å². The average molecular weight is 375 g/mol. The number of aliphatic carboxylic acids is 1. The number of para-hydroxylation sites is 1. The summed E-state index contributed by atoms with van der Waals surface area (Å²) < 4.78 is 16.8. The van der Waals surface area contributed by atoms with Crippen LogP contribution in [0.15, 0.2) is 48.5 Å². The van der Waals surface area contributed by atoms with Gasteiger partial charge < -0.3 is 19.3 Å². The van der Waals surface area contributed by atoms with Crippen molar-refractivity contribution >= 4 is 17.7 Å². The minimum absolute atomic E-state index is 0.0690. The third-order valence-electron chi connectivity index (χ3n) is 3.92. The SMILES string of the molecule is COc1cc(C2NC(C(=O)O)CS2)ccc1OCCOc1ccccc1. The van der Waals surface area contributed by atoms with Crippen molar-refractivity contribution in [3.05, 3.63) is 54.1 Å². The first-order valence-electron chi connectivity index (χ1n) is 8.26. The summed E-state index contributed by atoms with van der Waals surface area (Å²) in [5.41, 5.74) is 0.962. The largest absolute Gasteiger partial charge is 0.493 e. The molecular formula is C19H21NO5S. The highest BCUT2D eigenvalue weighted by molar-refractivity contribution is 7.99. The van der Waals surface area contributed by atoms with Crippen LogP contribution in [0.2, 0.25) is 0 Å². The van der Waals surface area contributed by atoms with Gasteiger partial charge in [-0.25, -0.2) is 0 Å². The van der Waals surface area contributed by atoms with Gasteiger partial charge in [-0.3, -0.25) is 10.1 Å². The molecule has 6 nitrogen and oxygen atoms in total. The Bertz CT molecular complexity index is 740. The van der Waals surface area contributed by atoms with Gasteiger partial charge in [-0.2, -0.15) is 0 Å². The maximum atomic E-state index is 11.1. The first-order chi connectivity index (χ1) is 12.7. The molecule has 0 spiro atoms. The van der Waals surface area contributed by atoms with E-state index in [1.54, 1.807) is 18.9 Å². The maximum absolute atomic E-state index is 11.1. The molecule has 0 radical (unpaired) electrons.